The molecular formula is C9H12IN3O3. The number of hydrogen-bond donors (Lipinski definition) is 1. The molecule has 0 spiro atoms. The fourth-order valence-electron chi connectivity index (χ4n) is 1.23. The zero-order valence-corrected chi connectivity index (χ0v) is 10.9. The highest BCUT2D eigenvalue weighted by Crippen LogP contribution is 2.14. The van der Waals surface area contributed by atoms with Gasteiger partial charge in [0.1, 0.15) is 5.69 Å². The highest BCUT2D eigenvalue weighted by molar-refractivity contribution is 14.1. The Morgan fingerprint density at radius 2 is 2.38 bits per heavy atom. The van der Waals surface area contributed by atoms with E-state index in [4.69, 9.17) is 0 Å². The second-order valence-corrected chi connectivity index (χ2v) is 4.33. The van der Waals surface area contributed by atoms with Gasteiger partial charge in [-0.05, 0) is 6.42 Å². The van der Waals surface area contributed by atoms with Crippen LogP contribution in [0.25, 0.3) is 0 Å². The van der Waals surface area contributed by atoms with E-state index in [0.717, 1.165) is 10.8 Å². The number of carbonyl (C=O) groups excluding carboxylic acids is 1. The smallest absolute Gasteiger partial charge is 0.287 e. The number of aromatic nitrogens is 1. The average molecular weight is 337 g/mol. The molecule has 0 aliphatic heterocycles. The Morgan fingerprint density at radius 1 is 1.69 bits per heavy atom. The van der Waals surface area contributed by atoms with Crippen molar-refractivity contribution in [2.24, 2.45) is 7.05 Å². The van der Waals surface area contributed by atoms with Crippen molar-refractivity contribution in [3.05, 3.63) is 28.1 Å². The van der Waals surface area contributed by atoms with E-state index in [1.54, 1.807) is 7.05 Å². The summed E-state index contributed by atoms with van der Waals surface area (Å²) in [5.41, 5.74) is 0.238. The largest absolute Gasteiger partial charge is 0.351 e. The quantitative estimate of drug-likeness (QED) is 0.291. The van der Waals surface area contributed by atoms with Gasteiger partial charge in [-0.25, -0.2) is 0 Å². The van der Waals surface area contributed by atoms with E-state index in [-0.39, 0.29) is 11.6 Å². The number of nitrogens with zero attached hydrogens (tertiary/aromatic N) is 2. The molecular weight excluding hydrogens is 325 g/mol. The van der Waals surface area contributed by atoms with Gasteiger partial charge in [-0.1, -0.05) is 22.6 Å². The topological polar surface area (TPSA) is 77.2 Å². The van der Waals surface area contributed by atoms with E-state index in [1.165, 1.54) is 16.8 Å². The lowest BCUT2D eigenvalue weighted by Gasteiger charge is -2.03. The first-order valence-corrected chi connectivity index (χ1v) is 6.23. The predicted molar refractivity (Wildman–Crippen MR) is 67.9 cm³/mol. The van der Waals surface area contributed by atoms with Crippen LogP contribution in [0.4, 0.5) is 5.69 Å². The molecule has 6 nitrogen and oxygen atoms in total. The summed E-state index contributed by atoms with van der Waals surface area (Å²) in [6, 6.07) is 1.28. The van der Waals surface area contributed by atoms with Gasteiger partial charge in [-0.2, -0.15) is 0 Å². The Morgan fingerprint density at radius 3 is 2.88 bits per heavy atom. The van der Waals surface area contributed by atoms with Gasteiger partial charge in [-0.3, -0.25) is 14.9 Å². The number of aryl methyl sites for hydroxylation is 1. The van der Waals surface area contributed by atoms with Crippen molar-refractivity contribution in [3.63, 3.8) is 0 Å². The van der Waals surface area contributed by atoms with Crippen LogP contribution in [0.5, 0.6) is 0 Å². The summed E-state index contributed by atoms with van der Waals surface area (Å²) in [7, 11) is 1.61. The monoisotopic (exact) mass is 337 g/mol. The lowest BCUT2D eigenvalue weighted by molar-refractivity contribution is -0.384. The van der Waals surface area contributed by atoms with E-state index in [2.05, 4.69) is 27.9 Å². The van der Waals surface area contributed by atoms with Crippen LogP contribution in [-0.2, 0) is 7.05 Å². The fraction of sp³-hybridized carbons (Fsp3) is 0.444. The lowest BCUT2D eigenvalue weighted by Crippen LogP contribution is -2.26. The summed E-state index contributed by atoms with van der Waals surface area (Å²) in [6.45, 7) is 0.584. The molecule has 0 bridgehead atoms. The Bertz CT molecular complexity index is 403. The zero-order valence-electron chi connectivity index (χ0n) is 8.77. The Balaban J connectivity index is 2.71. The number of nitro groups is 1. The van der Waals surface area contributed by atoms with Crippen LogP contribution in [0, 0.1) is 10.1 Å². The van der Waals surface area contributed by atoms with Crippen LogP contribution in [0.1, 0.15) is 16.9 Å². The van der Waals surface area contributed by atoms with Crippen LogP contribution in [0.2, 0.25) is 0 Å². The van der Waals surface area contributed by atoms with Crippen molar-refractivity contribution in [2.45, 2.75) is 6.42 Å². The molecule has 0 unspecified atom stereocenters. The maximum absolute atomic E-state index is 11.6. The third-order valence-corrected chi connectivity index (χ3v) is 2.79. The van der Waals surface area contributed by atoms with Crippen molar-refractivity contribution >= 4 is 34.2 Å². The van der Waals surface area contributed by atoms with Gasteiger partial charge < -0.3 is 9.88 Å². The molecule has 1 rings (SSSR count). The number of carbonyl (C=O) groups is 1. The fourth-order valence-corrected chi connectivity index (χ4v) is 1.61. The Kier molecular flexibility index (Phi) is 4.71. The predicted octanol–water partition coefficient (Wildman–Crippen LogP) is 1.49. The first-order chi connectivity index (χ1) is 7.56. The molecule has 1 amide bonds. The minimum atomic E-state index is -0.512. The molecule has 0 saturated carbocycles. The molecule has 16 heavy (non-hydrogen) atoms. The summed E-state index contributed by atoms with van der Waals surface area (Å²) >= 11 is 2.22. The molecule has 1 N–H and O–H groups in total. The minimum absolute atomic E-state index is 0.0680. The van der Waals surface area contributed by atoms with Crippen LogP contribution < -0.4 is 5.32 Å². The van der Waals surface area contributed by atoms with Crippen LogP contribution in [0.15, 0.2) is 12.3 Å². The van der Waals surface area contributed by atoms with E-state index in [1.807, 2.05) is 0 Å². The van der Waals surface area contributed by atoms with Gasteiger partial charge in [0.25, 0.3) is 11.6 Å². The second-order valence-electron chi connectivity index (χ2n) is 3.25. The van der Waals surface area contributed by atoms with Gasteiger partial charge in [0.05, 0.1) is 11.1 Å². The number of nitrogens with one attached hydrogen (secondary N) is 1. The van der Waals surface area contributed by atoms with Crippen molar-refractivity contribution < 1.29 is 9.72 Å². The Hall–Kier alpha value is -1.12. The zero-order chi connectivity index (χ0) is 12.1. The highest BCUT2D eigenvalue weighted by Gasteiger charge is 2.16. The average Bonchev–Trinajstić information content (AvgIpc) is 2.61. The SMILES string of the molecule is Cn1cc([N+](=O)[O-])cc1C(=O)NCCCI. The third-order valence-electron chi connectivity index (χ3n) is 2.03. The van der Waals surface area contributed by atoms with Crippen LogP contribution in [-0.4, -0.2) is 26.4 Å². The summed E-state index contributed by atoms with van der Waals surface area (Å²) in [4.78, 5) is 21.6. The number of rotatable bonds is 5. The molecule has 1 aromatic heterocycles. The molecule has 1 aromatic rings. The molecule has 1 heterocycles. The normalized spacial score (nSPS) is 10.1. The molecule has 88 valence electrons. The molecule has 0 saturated heterocycles. The van der Waals surface area contributed by atoms with Gasteiger partial charge in [0, 0.05) is 24.1 Å². The van der Waals surface area contributed by atoms with Crippen molar-refractivity contribution in [2.75, 3.05) is 11.0 Å². The van der Waals surface area contributed by atoms with Gasteiger partial charge in [0.2, 0.25) is 0 Å². The molecule has 0 radical (unpaired) electrons. The van der Waals surface area contributed by atoms with E-state index in [9.17, 15) is 14.9 Å². The second kappa shape index (κ2) is 5.83. The van der Waals surface area contributed by atoms with Gasteiger partial charge >= 0.3 is 0 Å². The molecule has 0 atom stereocenters. The summed E-state index contributed by atoms with van der Waals surface area (Å²) in [6.07, 6.45) is 2.21. The van der Waals surface area contributed by atoms with E-state index in [0.29, 0.717) is 12.2 Å². The Labute approximate surface area is 106 Å². The number of hydrogen-bond acceptors (Lipinski definition) is 3. The standard InChI is InChI=1S/C9H12IN3O3/c1-12-6-7(13(15)16)5-8(12)9(14)11-4-2-3-10/h5-6H,2-4H2,1H3,(H,11,14). The molecule has 0 aromatic carbocycles. The van der Waals surface area contributed by atoms with Crippen molar-refractivity contribution in [3.8, 4) is 0 Å². The maximum Gasteiger partial charge on any atom is 0.287 e. The van der Waals surface area contributed by atoms with Crippen molar-refractivity contribution in [1.29, 1.82) is 0 Å². The van der Waals surface area contributed by atoms with Crippen LogP contribution in [0.3, 0.4) is 0 Å². The number of amides is 1. The highest BCUT2D eigenvalue weighted by atomic mass is 127. The number of halogens is 1. The summed E-state index contributed by atoms with van der Waals surface area (Å²) in [5, 5.41) is 13.2. The van der Waals surface area contributed by atoms with E-state index < -0.39 is 4.92 Å². The van der Waals surface area contributed by atoms with E-state index >= 15 is 0 Å². The number of alkyl halides is 1. The molecule has 0 aliphatic rings. The van der Waals surface area contributed by atoms with Gasteiger partial charge in [-0.15, -0.1) is 0 Å². The summed E-state index contributed by atoms with van der Waals surface area (Å²) < 4.78 is 2.42. The molecule has 0 fully saturated rings. The first-order valence-electron chi connectivity index (χ1n) is 4.71. The van der Waals surface area contributed by atoms with Crippen LogP contribution >= 0.6 is 22.6 Å². The summed E-state index contributed by atoms with van der Waals surface area (Å²) in [5.74, 6) is -0.277. The molecule has 7 heteroatoms. The minimum Gasteiger partial charge on any atom is -0.351 e. The lowest BCUT2D eigenvalue weighted by atomic mass is 10.3. The maximum atomic E-state index is 11.6. The van der Waals surface area contributed by atoms with Gasteiger partial charge in [0.15, 0.2) is 0 Å². The molecule has 0 aliphatic carbocycles. The first kappa shape index (κ1) is 12.9. The van der Waals surface area contributed by atoms with Crippen molar-refractivity contribution in [1.82, 2.24) is 9.88 Å². The third kappa shape index (κ3) is 3.19.